The minimum absolute atomic E-state index is 0.0715. The van der Waals surface area contributed by atoms with Crippen molar-refractivity contribution in [2.24, 2.45) is 0 Å². The highest BCUT2D eigenvalue weighted by atomic mass is 79.9. The van der Waals surface area contributed by atoms with Gasteiger partial charge in [-0.3, -0.25) is 13.7 Å². The van der Waals surface area contributed by atoms with Crippen molar-refractivity contribution in [1.82, 2.24) is 39.0 Å². The molecule has 0 amide bonds. The summed E-state index contributed by atoms with van der Waals surface area (Å²) in [7, 11) is -0.162. The number of fused-ring (bicyclic) bond motifs is 2. The molecule has 0 saturated carbocycles. The molecule has 4 heterocycles. The number of benzene rings is 2. The molecule has 1 atom stereocenters. The van der Waals surface area contributed by atoms with Crippen LogP contribution in [-0.4, -0.2) is 113 Å². The molecule has 4 aromatic heterocycles. The van der Waals surface area contributed by atoms with Crippen LogP contribution in [-0.2, 0) is 52.2 Å². The van der Waals surface area contributed by atoms with Gasteiger partial charge in [-0.15, -0.1) is 0 Å². The monoisotopic (exact) mass is 978 g/mol. The van der Waals surface area contributed by atoms with E-state index in [0.717, 1.165) is 40.8 Å². The predicted octanol–water partition coefficient (Wildman–Crippen LogP) is 5.89. The number of H-pyrrole nitrogens is 2. The zero-order valence-electron chi connectivity index (χ0n) is 36.6. The Morgan fingerprint density at radius 3 is 1.57 bits per heavy atom. The van der Waals surface area contributed by atoms with E-state index < -0.39 is 15.7 Å². The molecule has 0 aliphatic heterocycles. The molecular formula is C40H57BrN10O10P2. The molecule has 6 N–H and O–H groups in total. The highest BCUT2D eigenvalue weighted by Crippen LogP contribution is 2.46. The molecule has 344 valence electrons. The van der Waals surface area contributed by atoms with Crippen molar-refractivity contribution < 1.29 is 37.1 Å². The summed E-state index contributed by atoms with van der Waals surface area (Å²) in [5.74, 6) is 0.295. The molecule has 0 radical (unpaired) electrons. The largest absolute Gasteiger partial charge is 0.461 e. The van der Waals surface area contributed by atoms with Crippen molar-refractivity contribution in [3.63, 3.8) is 0 Å². The molecule has 20 nitrogen and oxygen atoms in total. The molecule has 0 fully saturated rings. The number of nitrogens with zero attached hydrogens (tertiary/aromatic N) is 6. The number of methoxy groups -OCH3 is 2. The number of hydrogen-bond donors (Lipinski definition) is 4. The van der Waals surface area contributed by atoms with Gasteiger partial charge >= 0.3 is 23.4 Å². The van der Waals surface area contributed by atoms with Gasteiger partial charge in [0, 0.05) is 39.0 Å². The summed E-state index contributed by atoms with van der Waals surface area (Å²) in [6.07, 6.45) is 0.323. The van der Waals surface area contributed by atoms with Crippen molar-refractivity contribution >= 4 is 65.6 Å². The highest BCUT2D eigenvalue weighted by molar-refractivity contribution is 9.08. The molecule has 0 aliphatic rings. The number of aromatic amines is 2. The van der Waals surface area contributed by atoms with Crippen LogP contribution in [0.1, 0.15) is 43.0 Å². The third-order valence-electron chi connectivity index (χ3n) is 8.61. The first kappa shape index (κ1) is 50.9. The van der Waals surface area contributed by atoms with Gasteiger partial charge in [-0.1, -0.05) is 64.5 Å². The Morgan fingerprint density at radius 1 is 0.698 bits per heavy atom. The number of nitrogens with two attached hydrogens (primary N) is 2. The number of anilines is 2. The summed E-state index contributed by atoms with van der Waals surface area (Å²) < 4.78 is 51.8. The van der Waals surface area contributed by atoms with Crippen LogP contribution in [0.15, 0.2) is 58.1 Å². The van der Waals surface area contributed by atoms with E-state index in [1.165, 1.54) is 9.13 Å². The lowest BCUT2D eigenvalue weighted by molar-refractivity contribution is 0.141. The van der Waals surface area contributed by atoms with Gasteiger partial charge in [0.15, 0.2) is 31.3 Å². The summed E-state index contributed by atoms with van der Waals surface area (Å²) in [5, 5.41) is 0.746. The third-order valence-corrected chi connectivity index (χ3v) is 12.2. The number of ether oxygens (including phenoxy) is 4. The Hall–Kier alpha value is -4.72. The van der Waals surface area contributed by atoms with E-state index in [9.17, 15) is 14.2 Å². The lowest BCUT2D eigenvalue weighted by Crippen LogP contribution is -2.18. The number of aromatic nitrogens is 8. The van der Waals surface area contributed by atoms with E-state index in [1.54, 1.807) is 20.9 Å². The second-order valence-corrected chi connectivity index (χ2v) is 18.1. The minimum atomic E-state index is -2.72. The molecule has 0 saturated heterocycles. The summed E-state index contributed by atoms with van der Waals surface area (Å²) >= 11 is 3.43. The van der Waals surface area contributed by atoms with Gasteiger partial charge in [0.1, 0.15) is 24.2 Å². The Balaban J connectivity index is 0.000000239. The zero-order valence-corrected chi connectivity index (χ0v) is 40.0. The van der Waals surface area contributed by atoms with Crippen LogP contribution < -0.4 is 32.3 Å². The fraction of sp³-hybridized carbons (Fsp3) is 0.450. The summed E-state index contributed by atoms with van der Waals surface area (Å²) in [6, 6.07) is 15.7. The normalized spacial score (nSPS) is 12.1. The lowest BCUT2D eigenvalue weighted by Gasteiger charge is -2.13. The summed E-state index contributed by atoms with van der Waals surface area (Å²) in [5.41, 5.74) is 16.6. The molecule has 6 rings (SSSR count). The van der Waals surface area contributed by atoms with Gasteiger partial charge < -0.3 is 54.0 Å². The summed E-state index contributed by atoms with van der Waals surface area (Å²) in [4.78, 5) is 47.0. The standard InChI is InChI=1S/C19H26N5O5P.C16H18BrN5O3.C5H13O2P/c1-4-29-30(3,26)12-14-7-5-6-13(10-14)11-24-17-15(21-19(24)25)16(20)22-18(23-17)28-9-8-27-2;1-24-5-6-25-15-20-13(18)12-14(21-15)22(16(23)19-12)9-11-4-2-3-10(7-11)8-17;1-4-6-8(3)7-5-2/h5-7,10H,4,8-9,11-12H2,1-3H3,(H,21,25)(H2,20,22,23);2-4,7H,5-6,8-9H2,1H3,(H,19,23)(H2,18,20,21);4-5H2,1-3H3. The topological polar surface area (TPSA) is 261 Å². The van der Waals surface area contributed by atoms with Gasteiger partial charge in [-0.05, 0) is 43.0 Å². The van der Waals surface area contributed by atoms with E-state index >= 15 is 0 Å². The molecule has 63 heavy (non-hydrogen) atoms. The average Bonchev–Trinajstić information content (AvgIpc) is 3.73. The van der Waals surface area contributed by atoms with Gasteiger partial charge in [0.2, 0.25) is 7.37 Å². The van der Waals surface area contributed by atoms with E-state index in [-0.39, 0.29) is 48.2 Å². The number of alkyl halides is 1. The van der Waals surface area contributed by atoms with Crippen molar-refractivity contribution in [2.75, 3.05) is 85.3 Å². The maximum atomic E-state index is 12.5. The number of imidazole rings is 2. The van der Waals surface area contributed by atoms with Gasteiger partial charge in [-0.2, -0.15) is 19.9 Å². The SMILES string of the molecule is CCOP(C)(=O)Cc1cccc(Cn2c(=O)[nH]c3c(N)nc(OCCOC)nc32)c1.CCOP(C)OCC.COCCOc1nc(N)c2[nH]c(=O)n(Cc3cccc(CBr)c3)c2n1. The van der Waals surface area contributed by atoms with Gasteiger partial charge in [0.05, 0.1) is 46.1 Å². The Labute approximate surface area is 374 Å². The maximum Gasteiger partial charge on any atom is 0.328 e. The van der Waals surface area contributed by atoms with Gasteiger partial charge in [-0.25, -0.2) is 9.59 Å². The molecule has 2 aromatic carbocycles. The first-order valence-electron chi connectivity index (χ1n) is 19.9. The van der Waals surface area contributed by atoms with Crippen molar-refractivity contribution in [3.8, 4) is 12.0 Å². The highest BCUT2D eigenvalue weighted by Gasteiger charge is 2.19. The number of nitrogens with one attached hydrogen (secondary N) is 2. The third kappa shape index (κ3) is 15.5. The Morgan fingerprint density at radius 2 is 1.14 bits per heavy atom. The zero-order chi connectivity index (χ0) is 45.9. The number of halogens is 1. The quantitative estimate of drug-likeness (QED) is 0.0372. The van der Waals surface area contributed by atoms with Crippen LogP contribution in [0.2, 0.25) is 0 Å². The molecule has 23 heteroatoms. The van der Waals surface area contributed by atoms with E-state index in [1.807, 2.05) is 76.0 Å². The number of nitrogen functional groups attached to an aromatic ring is 2. The lowest BCUT2D eigenvalue weighted by atomic mass is 10.1. The van der Waals surface area contributed by atoms with Crippen molar-refractivity contribution in [3.05, 3.63) is 91.8 Å². The van der Waals surface area contributed by atoms with E-state index in [2.05, 4.69) is 45.8 Å². The van der Waals surface area contributed by atoms with Crippen molar-refractivity contribution in [2.45, 2.75) is 45.4 Å². The maximum absolute atomic E-state index is 12.5. The molecule has 0 aliphatic carbocycles. The van der Waals surface area contributed by atoms with E-state index in [4.69, 9.17) is 44.0 Å². The molecular weight excluding hydrogens is 922 g/mol. The summed E-state index contributed by atoms with van der Waals surface area (Å²) in [6.45, 7) is 13.2. The second kappa shape index (κ2) is 25.5. The first-order valence-corrected chi connectivity index (χ1v) is 24.9. The Kier molecular flexibility index (Phi) is 20.6. The number of rotatable bonds is 21. The van der Waals surface area contributed by atoms with Crippen molar-refractivity contribution in [1.29, 1.82) is 0 Å². The fourth-order valence-corrected chi connectivity index (χ4v) is 8.62. The molecule has 0 spiro atoms. The van der Waals surface area contributed by atoms with Crippen LogP contribution in [0.5, 0.6) is 12.0 Å². The first-order chi connectivity index (χ1) is 30.3. The van der Waals surface area contributed by atoms with Crippen LogP contribution in [0.25, 0.3) is 22.3 Å². The van der Waals surface area contributed by atoms with Crippen LogP contribution >= 0.6 is 31.7 Å². The van der Waals surface area contributed by atoms with Crippen LogP contribution in [0.4, 0.5) is 11.6 Å². The van der Waals surface area contributed by atoms with Crippen LogP contribution in [0, 0.1) is 0 Å². The molecule has 0 bridgehead atoms. The second-order valence-electron chi connectivity index (χ2n) is 13.5. The average molecular weight is 980 g/mol. The van der Waals surface area contributed by atoms with E-state index in [0.29, 0.717) is 61.5 Å². The van der Waals surface area contributed by atoms with Gasteiger partial charge in [0.25, 0.3) is 0 Å². The van der Waals surface area contributed by atoms with Crippen LogP contribution in [0.3, 0.4) is 0 Å². The fourth-order valence-electron chi connectivity index (χ4n) is 5.97. The molecule has 6 aromatic rings. The molecule has 1 unspecified atom stereocenters. The minimum Gasteiger partial charge on any atom is -0.461 e. The predicted molar refractivity (Wildman–Crippen MR) is 249 cm³/mol. The smallest absolute Gasteiger partial charge is 0.328 e. The Bertz CT molecular complexity index is 2530. The number of hydrogen-bond acceptors (Lipinski definition) is 16.